The van der Waals surface area contributed by atoms with Gasteiger partial charge in [0.2, 0.25) is 0 Å². The van der Waals surface area contributed by atoms with Crippen LogP contribution in [0.2, 0.25) is 0 Å². The van der Waals surface area contributed by atoms with Crippen molar-refractivity contribution in [3.8, 4) is 0 Å². The minimum absolute atomic E-state index is 0.134. The van der Waals surface area contributed by atoms with E-state index in [1.807, 2.05) is 13.8 Å². The average Bonchev–Trinajstić information content (AvgIpc) is 2.79. The van der Waals surface area contributed by atoms with E-state index in [4.69, 9.17) is 0 Å². The Hall–Kier alpha value is -1.11. The highest BCUT2D eigenvalue weighted by Crippen LogP contribution is 2.43. The van der Waals surface area contributed by atoms with Crippen molar-refractivity contribution in [2.24, 2.45) is 5.92 Å². The largest absolute Gasteiger partial charge is 0.298 e. The zero-order valence-corrected chi connectivity index (χ0v) is 11.1. The number of rotatable bonds is 3. The Labute approximate surface area is 104 Å². The molecular formula is C16H22O. The van der Waals surface area contributed by atoms with Crippen molar-refractivity contribution in [3.05, 3.63) is 35.4 Å². The summed E-state index contributed by atoms with van der Waals surface area (Å²) >= 11 is 0. The van der Waals surface area contributed by atoms with Gasteiger partial charge < -0.3 is 0 Å². The van der Waals surface area contributed by atoms with Gasteiger partial charge in [0.15, 0.2) is 0 Å². The number of hydrogen-bond donors (Lipinski definition) is 0. The van der Waals surface area contributed by atoms with Crippen molar-refractivity contribution in [1.82, 2.24) is 0 Å². The molecule has 0 aliphatic heterocycles. The second-order valence-electron chi connectivity index (χ2n) is 5.67. The molecule has 0 amide bonds. The number of ketones is 1. The van der Waals surface area contributed by atoms with Crippen molar-refractivity contribution in [2.75, 3.05) is 0 Å². The summed E-state index contributed by atoms with van der Waals surface area (Å²) in [5.74, 6) is 0.563. The van der Waals surface area contributed by atoms with E-state index in [1.165, 1.54) is 24.0 Å². The van der Waals surface area contributed by atoms with Crippen LogP contribution in [-0.4, -0.2) is 5.78 Å². The third-order valence-electron chi connectivity index (χ3n) is 4.06. The second-order valence-corrected chi connectivity index (χ2v) is 5.67. The molecule has 1 nitrogen and oxygen atoms in total. The van der Waals surface area contributed by atoms with Crippen molar-refractivity contribution < 1.29 is 4.79 Å². The number of benzene rings is 1. The molecule has 2 rings (SSSR count). The summed E-state index contributed by atoms with van der Waals surface area (Å²) in [6, 6.07) is 8.56. The van der Waals surface area contributed by atoms with Crippen LogP contribution in [0.4, 0.5) is 0 Å². The van der Waals surface area contributed by atoms with Crippen molar-refractivity contribution in [3.63, 3.8) is 0 Å². The molecule has 0 radical (unpaired) electrons. The lowest BCUT2D eigenvalue weighted by Gasteiger charge is -2.30. The Morgan fingerprint density at radius 1 is 1.12 bits per heavy atom. The molecule has 0 saturated heterocycles. The zero-order chi connectivity index (χ0) is 12.5. The van der Waals surface area contributed by atoms with Gasteiger partial charge in [0.05, 0.1) is 5.41 Å². The zero-order valence-electron chi connectivity index (χ0n) is 11.1. The number of carbonyl (C=O) groups excluding carboxylic acids is 1. The van der Waals surface area contributed by atoms with E-state index < -0.39 is 0 Å². The van der Waals surface area contributed by atoms with Gasteiger partial charge >= 0.3 is 0 Å². The van der Waals surface area contributed by atoms with Crippen LogP contribution in [0.15, 0.2) is 24.3 Å². The third-order valence-corrected chi connectivity index (χ3v) is 4.06. The lowest BCUT2D eigenvalue weighted by atomic mass is 9.72. The Morgan fingerprint density at radius 3 is 2.12 bits per heavy atom. The van der Waals surface area contributed by atoms with Crippen LogP contribution < -0.4 is 0 Å². The number of carbonyl (C=O) groups is 1. The lowest BCUT2D eigenvalue weighted by Crippen LogP contribution is -2.36. The van der Waals surface area contributed by atoms with Crippen LogP contribution >= 0.6 is 0 Å². The van der Waals surface area contributed by atoms with Crippen molar-refractivity contribution >= 4 is 5.78 Å². The summed E-state index contributed by atoms with van der Waals surface area (Å²) in [6.45, 7) is 6.14. The van der Waals surface area contributed by atoms with Crippen LogP contribution in [-0.2, 0) is 10.2 Å². The molecule has 17 heavy (non-hydrogen) atoms. The van der Waals surface area contributed by atoms with E-state index in [-0.39, 0.29) is 11.3 Å². The maximum Gasteiger partial charge on any atom is 0.145 e. The van der Waals surface area contributed by atoms with Gasteiger partial charge in [-0.25, -0.2) is 0 Å². The molecule has 1 aromatic rings. The predicted octanol–water partition coefficient (Wildman–Crippen LogP) is 4.03. The maximum absolute atomic E-state index is 12.6. The molecule has 1 saturated carbocycles. The number of Topliss-reactive ketones (excluding diaryl/α,β-unsaturated/α-hetero) is 1. The molecular weight excluding hydrogens is 208 g/mol. The van der Waals surface area contributed by atoms with Crippen LogP contribution in [0.1, 0.15) is 50.7 Å². The third kappa shape index (κ3) is 2.15. The van der Waals surface area contributed by atoms with E-state index in [2.05, 4.69) is 31.2 Å². The smallest absolute Gasteiger partial charge is 0.145 e. The second kappa shape index (κ2) is 4.64. The van der Waals surface area contributed by atoms with E-state index in [9.17, 15) is 4.79 Å². The van der Waals surface area contributed by atoms with Gasteiger partial charge in [-0.1, -0.05) is 56.5 Å². The summed E-state index contributed by atoms with van der Waals surface area (Å²) in [6.07, 6.45) is 4.44. The molecule has 1 aromatic carbocycles. The molecule has 92 valence electrons. The fraction of sp³-hybridized carbons (Fsp3) is 0.562. The molecule has 1 heteroatoms. The maximum atomic E-state index is 12.6. The highest BCUT2D eigenvalue weighted by atomic mass is 16.1. The molecule has 0 N–H and O–H groups in total. The first kappa shape index (κ1) is 12.3. The molecule has 0 aromatic heterocycles. The minimum Gasteiger partial charge on any atom is -0.298 e. The molecule has 1 aliphatic rings. The number of hydrogen-bond acceptors (Lipinski definition) is 1. The Bertz CT molecular complexity index is 394. The summed E-state index contributed by atoms with van der Waals surface area (Å²) < 4.78 is 0. The van der Waals surface area contributed by atoms with Gasteiger partial charge in [0.25, 0.3) is 0 Å². The summed E-state index contributed by atoms with van der Waals surface area (Å²) in [4.78, 5) is 12.6. The highest BCUT2D eigenvalue weighted by molar-refractivity contribution is 5.91. The molecule has 0 unspecified atom stereocenters. The Morgan fingerprint density at radius 2 is 1.65 bits per heavy atom. The lowest BCUT2D eigenvalue weighted by molar-refractivity contribution is -0.127. The summed E-state index contributed by atoms with van der Waals surface area (Å²) in [5, 5.41) is 0. The minimum atomic E-state index is -0.179. The topological polar surface area (TPSA) is 17.1 Å². The van der Waals surface area contributed by atoms with Crippen LogP contribution in [0.5, 0.6) is 0 Å². The van der Waals surface area contributed by atoms with Gasteiger partial charge in [0, 0.05) is 5.92 Å². The first-order chi connectivity index (χ1) is 8.06. The van der Waals surface area contributed by atoms with Gasteiger partial charge in [0.1, 0.15) is 5.78 Å². The molecule has 1 aliphatic carbocycles. The van der Waals surface area contributed by atoms with Crippen LogP contribution in [0.3, 0.4) is 0 Å². The standard InChI is InChI=1S/C16H22O/c1-12(2)15(17)16(10-4-5-11-16)14-8-6-13(3)7-9-14/h6-9,12H,4-5,10-11H2,1-3H3. The molecule has 0 bridgehead atoms. The molecule has 0 spiro atoms. The molecule has 1 fully saturated rings. The Balaban J connectivity index is 2.41. The van der Waals surface area contributed by atoms with Gasteiger partial charge in [-0.3, -0.25) is 4.79 Å². The molecule has 0 atom stereocenters. The van der Waals surface area contributed by atoms with E-state index in [0.717, 1.165) is 12.8 Å². The van der Waals surface area contributed by atoms with Crippen molar-refractivity contribution in [1.29, 1.82) is 0 Å². The molecule has 0 heterocycles. The normalized spacial score (nSPS) is 18.6. The van der Waals surface area contributed by atoms with Gasteiger partial charge in [-0.05, 0) is 25.3 Å². The SMILES string of the molecule is Cc1ccc(C2(C(=O)C(C)C)CCCC2)cc1. The quantitative estimate of drug-likeness (QED) is 0.766. The monoisotopic (exact) mass is 230 g/mol. The van der Waals surface area contributed by atoms with Crippen LogP contribution in [0, 0.1) is 12.8 Å². The van der Waals surface area contributed by atoms with Gasteiger partial charge in [-0.15, -0.1) is 0 Å². The predicted molar refractivity (Wildman–Crippen MR) is 71.2 cm³/mol. The Kier molecular flexibility index (Phi) is 3.37. The fourth-order valence-corrected chi connectivity index (χ4v) is 3.08. The van der Waals surface area contributed by atoms with Gasteiger partial charge in [-0.2, -0.15) is 0 Å². The first-order valence-corrected chi connectivity index (χ1v) is 6.68. The fourth-order valence-electron chi connectivity index (χ4n) is 3.08. The number of aryl methyl sites for hydroxylation is 1. The van der Waals surface area contributed by atoms with Crippen LogP contribution in [0.25, 0.3) is 0 Å². The van der Waals surface area contributed by atoms with E-state index >= 15 is 0 Å². The summed E-state index contributed by atoms with van der Waals surface area (Å²) in [7, 11) is 0. The first-order valence-electron chi connectivity index (χ1n) is 6.68. The van der Waals surface area contributed by atoms with Crippen molar-refractivity contribution in [2.45, 2.75) is 51.9 Å². The highest BCUT2D eigenvalue weighted by Gasteiger charge is 2.42. The van der Waals surface area contributed by atoms with E-state index in [1.54, 1.807) is 0 Å². The van der Waals surface area contributed by atoms with E-state index in [0.29, 0.717) is 5.78 Å². The average molecular weight is 230 g/mol. The summed E-state index contributed by atoms with van der Waals surface area (Å²) in [5.41, 5.74) is 2.32.